The van der Waals surface area contributed by atoms with Crippen molar-refractivity contribution in [3.63, 3.8) is 0 Å². The van der Waals surface area contributed by atoms with Gasteiger partial charge in [0.25, 0.3) is 5.78 Å². The number of rotatable bonds is 8. The van der Waals surface area contributed by atoms with Gasteiger partial charge in [0.15, 0.2) is 11.5 Å². The van der Waals surface area contributed by atoms with Gasteiger partial charge in [-0.1, -0.05) is 13.0 Å². The lowest BCUT2D eigenvalue weighted by Gasteiger charge is -2.22. The normalized spacial score (nSPS) is 16.7. The SMILES string of the molecule is CCCOc1ccc(/C(O)=C2\C(=O)C(=O)N(c3nc4cc(OC)c(OC)cc4[nH]3)C2c2ccccn2)cc1. The Bertz CT molecular complexity index is 1490. The molecule has 194 valence electrons. The van der Waals surface area contributed by atoms with Crippen LogP contribution in [0.5, 0.6) is 17.2 Å². The number of anilines is 1. The van der Waals surface area contributed by atoms with Crippen LogP contribution >= 0.6 is 0 Å². The summed E-state index contributed by atoms with van der Waals surface area (Å²) in [5, 5.41) is 11.3. The number of nitrogens with zero attached hydrogens (tertiary/aromatic N) is 3. The van der Waals surface area contributed by atoms with E-state index in [1.807, 2.05) is 6.92 Å². The Morgan fingerprint density at radius 1 is 1.05 bits per heavy atom. The monoisotopic (exact) mass is 514 g/mol. The molecule has 1 saturated heterocycles. The summed E-state index contributed by atoms with van der Waals surface area (Å²) in [6.45, 7) is 2.57. The summed E-state index contributed by atoms with van der Waals surface area (Å²) < 4.78 is 16.3. The Morgan fingerprint density at radius 2 is 1.79 bits per heavy atom. The number of carbonyl (C=O) groups is 2. The number of H-pyrrole nitrogens is 1. The lowest BCUT2D eigenvalue weighted by atomic mass is 9.98. The number of aliphatic hydroxyl groups excluding tert-OH is 1. The second kappa shape index (κ2) is 10.3. The van der Waals surface area contributed by atoms with Gasteiger partial charge in [0.05, 0.1) is 43.1 Å². The number of amides is 1. The third-order valence-electron chi connectivity index (χ3n) is 6.22. The zero-order valence-electron chi connectivity index (χ0n) is 21.1. The van der Waals surface area contributed by atoms with Gasteiger partial charge in [-0.05, 0) is 42.8 Å². The molecular formula is C28H26N4O6. The Hall–Kier alpha value is -4.86. The molecule has 1 fully saturated rings. The summed E-state index contributed by atoms with van der Waals surface area (Å²) in [5.74, 6) is -0.308. The van der Waals surface area contributed by atoms with Crippen LogP contribution in [0.4, 0.5) is 5.95 Å². The van der Waals surface area contributed by atoms with Crippen molar-refractivity contribution in [2.45, 2.75) is 19.4 Å². The van der Waals surface area contributed by atoms with E-state index in [0.717, 1.165) is 6.42 Å². The van der Waals surface area contributed by atoms with Gasteiger partial charge in [0, 0.05) is 23.9 Å². The summed E-state index contributed by atoms with van der Waals surface area (Å²) in [7, 11) is 3.03. The predicted molar refractivity (Wildman–Crippen MR) is 140 cm³/mol. The highest BCUT2D eigenvalue weighted by atomic mass is 16.5. The van der Waals surface area contributed by atoms with E-state index in [2.05, 4.69) is 15.0 Å². The summed E-state index contributed by atoms with van der Waals surface area (Å²) in [4.78, 5) is 40.0. The number of ether oxygens (including phenoxy) is 3. The van der Waals surface area contributed by atoms with Crippen LogP contribution in [0.2, 0.25) is 0 Å². The highest BCUT2D eigenvalue weighted by Gasteiger charge is 2.48. The Kier molecular flexibility index (Phi) is 6.69. The topological polar surface area (TPSA) is 127 Å². The fourth-order valence-corrected chi connectivity index (χ4v) is 4.39. The van der Waals surface area contributed by atoms with E-state index in [-0.39, 0.29) is 17.3 Å². The van der Waals surface area contributed by atoms with Crippen LogP contribution in [0.15, 0.2) is 66.4 Å². The number of carbonyl (C=O) groups excluding carboxylic acids is 2. The molecule has 10 nitrogen and oxygen atoms in total. The molecule has 1 amide bonds. The average molecular weight is 515 g/mol. The summed E-state index contributed by atoms with van der Waals surface area (Å²) >= 11 is 0. The first-order valence-corrected chi connectivity index (χ1v) is 12.0. The Balaban J connectivity index is 1.64. The number of aromatic amines is 1. The molecular weight excluding hydrogens is 488 g/mol. The molecule has 2 aromatic heterocycles. The average Bonchev–Trinajstić information content (AvgIpc) is 3.48. The van der Waals surface area contributed by atoms with Gasteiger partial charge in [0.1, 0.15) is 17.6 Å². The number of fused-ring (bicyclic) bond motifs is 1. The number of ketones is 1. The number of benzene rings is 2. The lowest BCUT2D eigenvalue weighted by Crippen LogP contribution is -2.30. The van der Waals surface area contributed by atoms with Crippen LogP contribution < -0.4 is 19.1 Å². The number of Topliss-reactive ketones (excluding diaryl/α,β-unsaturated/α-hetero) is 1. The quantitative estimate of drug-likeness (QED) is 0.201. The van der Waals surface area contributed by atoms with Gasteiger partial charge >= 0.3 is 5.91 Å². The standard InChI is InChI=1S/C28H26N4O6/c1-4-13-38-17-10-8-16(9-11-17)25(33)23-24(18-7-5-6-12-29-18)32(27(35)26(23)34)28-30-19-14-21(36-2)22(37-3)15-20(19)31-28/h5-12,14-15,24,33H,4,13H2,1-3H3,(H,30,31)/b25-23+. The van der Waals surface area contributed by atoms with Crippen molar-refractivity contribution in [2.75, 3.05) is 25.7 Å². The van der Waals surface area contributed by atoms with Crippen molar-refractivity contribution in [1.82, 2.24) is 15.0 Å². The molecule has 3 heterocycles. The van der Waals surface area contributed by atoms with E-state index in [1.165, 1.54) is 19.1 Å². The van der Waals surface area contributed by atoms with Gasteiger partial charge in [-0.3, -0.25) is 19.5 Å². The van der Waals surface area contributed by atoms with Crippen molar-refractivity contribution in [3.05, 3.63) is 77.6 Å². The Labute approximate surface area is 218 Å². The van der Waals surface area contributed by atoms with Gasteiger partial charge in [0.2, 0.25) is 5.95 Å². The second-order valence-corrected chi connectivity index (χ2v) is 8.58. The van der Waals surface area contributed by atoms with Gasteiger partial charge in [-0.25, -0.2) is 4.98 Å². The smallest absolute Gasteiger partial charge is 0.302 e. The van der Waals surface area contributed by atoms with E-state index in [0.29, 0.717) is 46.1 Å². The molecule has 1 atom stereocenters. The van der Waals surface area contributed by atoms with Crippen LogP contribution in [-0.2, 0) is 9.59 Å². The maximum absolute atomic E-state index is 13.4. The van der Waals surface area contributed by atoms with Crippen LogP contribution in [0.1, 0.15) is 30.6 Å². The Morgan fingerprint density at radius 3 is 2.45 bits per heavy atom. The van der Waals surface area contributed by atoms with E-state index in [9.17, 15) is 14.7 Å². The highest BCUT2D eigenvalue weighted by Crippen LogP contribution is 2.42. The minimum Gasteiger partial charge on any atom is -0.507 e. The first-order chi connectivity index (χ1) is 18.5. The van der Waals surface area contributed by atoms with Gasteiger partial charge in [-0.2, -0.15) is 0 Å². The molecule has 2 N–H and O–H groups in total. The van der Waals surface area contributed by atoms with Crippen molar-refractivity contribution >= 4 is 34.4 Å². The van der Waals surface area contributed by atoms with Gasteiger partial charge < -0.3 is 24.3 Å². The fraction of sp³-hybridized carbons (Fsp3) is 0.214. The number of methoxy groups -OCH3 is 2. The first kappa shape index (κ1) is 24.8. The van der Waals surface area contributed by atoms with Crippen LogP contribution in [0, 0.1) is 0 Å². The molecule has 0 spiro atoms. The maximum Gasteiger partial charge on any atom is 0.302 e. The molecule has 0 radical (unpaired) electrons. The molecule has 2 aromatic carbocycles. The fourth-order valence-electron chi connectivity index (χ4n) is 4.39. The molecule has 4 aromatic rings. The number of hydrogen-bond acceptors (Lipinski definition) is 8. The number of aromatic nitrogens is 3. The van der Waals surface area contributed by atoms with E-state index in [4.69, 9.17) is 14.2 Å². The van der Waals surface area contributed by atoms with Gasteiger partial charge in [-0.15, -0.1) is 0 Å². The molecule has 5 rings (SSSR count). The van der Waals surface area contributed by atoms with Crippen LogP contribution in [0.25, 0.3) is 16.8 Å². The third-order valence-corrected chi connectivity index (χ3v) is 6.22. The minimum atomic E-state index is -1.02. The largest absolute Gasteiger partial charge is 0.507 e. The molecule has 38 heavy (non-hydrogen) atoms. The first-order valence-electron chi connectivity index (χ1n) is 12.0. The molecule has 0 aliphatic carbocycles. The second-order valence-electron chi connectivity index (χ2n) is 8.58. The van der Waals surface area contributed by atoms with Crippen molar-refractivity contribution in [1.29, 1.82) is 0 Å². The number of aliphatic hydroxyl groups is 1. The molecule has 0 bridgehead atoms. The minimum absolute atomic E-state index is 0.0912. The van der Waals surface area contributed by atoms with Crippen LogP contribution in [0.3, 0.4) is 0 Å². The van der Waals surface area contributed by atoms with Crippen molar-refractivity contribution in [2.24, 2.45) is 0 Å². The van der Waals surface area contributed by atoms with E-state index in [1.54, 1.807) is 60.8 Å². The van der Waals surface area contributed by atoms with E-state index < -0.39 is 17.7 Å². The molecule has 0 saturated carbocycles. The molecule has 1 unspecified atom stereocenters. The number of nitrogens with one attached hydrogen (secondary N) is 1. The number of imidazole rings is 1. The lowest BCUT2D eigenvalue weighted by molar-refractivity contribution is -0.132. The van der Waals surface area contributed by atoms with Crippen molar-refractivity contribution in [3.8, 4) is 17.2 Å². The summed E-state index contributed by atoms with van der Waals surface area (Å²) in [5.41, 5.74) is 1.74. The summed E-state index contributed by atoms with van der Waals surface area (Å²) in [6, 6.07) is 14.2. The zero-order valence-corrected chi connectivity index (χ0v) is 21.1. The molecule has 10 heteroatoms. The van der Waals surface area contributed by atoms with E-state index >= 15 is 0 Å². The van der Waals surface area contributed by atoms with Crippen molar-refractivity contribution < 1.29 is 28.9 Å². The molecule has 1 aliphatic rings. The van der Waals surface area contributed by atoms with Crippen LogP contribution in [-0.4, -0.2) is 52.6 Å². The highest BCUT2D eigenvalue weighted by molar-refractivity contribution is 6.51. The third kappa shape index (κ3) is 4.30. The maximum atomic E-state index is 13.4. The zero-order chi connectivity index (χ0) is 26.8. The number of pyridine rings is 1. The molecule has 1 aliphatic heterocycles. The summed E-state index contributed by atoms with van der Waals surface area (Å²) in [6.07, 6.45) is 2.42. The number of hydrogen-bond donors (Lipinski definition) is 2. The predicted octanol–water partition coefficient (Wildman–Crippen LogP) is 4.39.